The molecule has 262 valence electrons. The van der Waals surface area contributed by atoms with Crippen LogP contribution in [0.1, 0.15) is 73.7 Å². The second-order valence-corrected chi connectivity index (χ2v) is 14.2. The number of carbonyl (C=O) groups excluding carboxylic acids is 4. The lowest BCUT2D eigenvalue weighted by Crippen LogP contribution is -2.81. The maximum atomic E-state index is 13.9. The Kier molecular flexibility index (Phi) is 9.22. The molecule has 1 aliphatic heterocycles. The highest BCUT2D eigenvalue weighted by Crippen LogP contribution is 2.69. The summed E-state index contributed by atoms with van der Waals surface area (Å²) >= 11 is 0. The van der Waals surface area contributed by atoms with Gasteiger partial charge in [-0.05, 0) is 76.4 Å². The Hall–Kier alpha value is -4.80. The molecule has 3 aromatic carbocycles. The first kappa shape index (κ1) is 35.0. The monoisotopic (exact) mass is 682 g/mol. The van der Waals surface area contributed by atoms with E-state index in [9.17, 15) is 24.3 Å². The van der Waals surface area contributed by atoms with E-state index in [4.69, 9.17) is 23.7 Å². The maximum Gasteiger partial charge on any atom is 0.338 e. The molecule has 1 spiro atoms. The van der Waals surface area contributed by atoms with Crippen LogP contribution in [0.2, 0.25) is 0 Å². The van der Waals surface area contributed by atoms with E-state index in [2.05, 4.69) is 0 Å². The molecule has 3 aromatic rings. The predicted molar refractivity (Wildman–Crippen MR) is 182 cm³/mol. The molecule has 6 rings (SSSR count). The van der Waals surface area contributed by atoms with E-state index >= 15 is 0 Å². The fourth-order valence-electron chi connectivity index (χ4n) is 8.48. The van der Waals surface area contributed by atoms with Gasteiger partial charge in [0.2, 0.25) is 0 Å². The molecule has 2 aliphatic carbocycles. The van der Waals surface area contributed by atoms with Gasteiger partial charge in [-0.2, -0.15) is 0 Å². The molecule has 50 heavy (non-hydrogen) atoms. The number of carbonyl (C=O) groups is 4. The zero-order valence-corrected chi connectivity index (χ0v) is 28.7. The number of esters is 4. The smallest absolute Gasteiger partial charge is 0.338 e. The van der Waals surface area contributed by atoms with E-state index in [0.717, 1.165) is 5.56 Å². The largest absolute Gasteiger partial charge is 0.462 e. The van der Waals surface area contributed by atoms with E-state index < -0.39 is 76.4 Å². The van der Waals surface area contributed by atoms with Gasteiger partial charge in [-0.25, -0.2) is 14.4 Å². The Morgan fingerprint density at radius 2 is 1.26 bits per heavy atom. The van der Waals surface area contributed by atoms with Crippen molar-refractivity contribution >= 4 is 30.0 Å². The summed E-state index contributed by atoms with van der Waals surface area (Å²) in [5.41, 5.74) is -5.17. The summed E-state index contributed by atoms with van der Waals surface area (Å²) in [7, 11) is 0. The minimum absolute atomic E-state index is 0.0896. The number of ether oxygens (including phenoxy) is 5. The van der Waals surface area contributed by atoms with Crippen LogP contribution in [0.5, 0.6) is 0 Å². The highest BCUT2D eigenvalue weighted by molar-refractivity contribution is 5.90. The topological polar surface area (TPSA) is 135 Å². The van der Waals surface area contributed by atoms with Crippen molar-refractivity contribution in [3.8, 4) is 0 Å². The molecule has 0 aromatic heterocycles. The van der Waals surface area contributed by atoms with Crippen molar-refractivity contribution in [1.29, 1.82) is 0 Å². The molecule has 10 heteroatoms. The van der Waals surface area contributed by atoms with Crippen molar-refractivity contribution in [3.63, 3.8) is 0 Å². The Labute approximate surface area is 291 Å². The molecule has 3 fully saturated rings. The SMILES string of the molecule is CC(=O)O[C@H]1CC[C@](C)(O)[C@]23OC(C)(C)[C@H]([C@H](OC(=O)/C=C\c4ccccc4)[C@H](OC(=O)c4ccccc4)[C@]12C)[C@H]3OC(=O)c1ccccc1. The van der Waals surface area contributed by atoms with Crippen molar-refractivity contribution in [2.75, 3.05) is 0 Å². The number of benzene rings is 3. The molecule has 1 N–H and O–H groups in total. The first-order valence-electron chi connectivity index (χ1n) is 16.8. The van der Waals surface area contributed by atoms with Crippen LogP contribution in [0.4, 0.5) is 0 Å². The fraction of sp³-hybridized carbons (Fsp3) is 0.400. The van der Waals surface area contributed by atoms with Crippen LogP contribution in [-0.4, -0.2) is 70.2 Å². The first-order chi connectivity index (χ1) is 23.7. The predicted octanol–water partition coefficient (Wildman–Crippen LogP) is 5.72. The number of fused-ring (bicyclic) bond motifs is 1. The molecule has 1 saturated heterocycles. The minimum Gasteiger partial charge on any atom is -0.462 e. The zero-order chi connectivity index (χ0) is 35.9. The lowest BCUT2D eigenvalue weighted by molar-refractivity contribution is -0.334. The van der Waals surface area contributed by atoms with Gasteiger partial charge < -0.3 is 28.8 Å². The second kappa shape index (κ2) is 13.2. The first-order valence-corrected chi connectivity index (χ1v) is 16.8. The van der Waals surface area contributed by atoms with Crippen molar-refractivity contribution in [3.05, 3.63) is 114 Å². The van der Waals surface area contributed by atoms with Gasteiger partial charge in [0, 0.05) is 13.0 Å². The standard InChI is InChI=1S/C40H42O10/c1-25(41)46-29-23-24-38(4,45)40-33(48-35(43)27-17-11-7-12-18-27)31(37(2,3)50-40)32(47-30(42)22-21-26-15-9-6-10-16-26)34(39(29,40)5)49-36(44)28-19-13-8-14-20-28/h6-22,29,31-34,45H,23-24H2,1-5H3/b22-21-/t29-,31+,32-,33+,34-,38-,39-,40-/m0/s1. The second-order valence-electron chi connectivity index (χ2n) is 14.2. The molecule has 0 unspecified atom stereocenters. The molecule has 0 amide bonds. The van der Waals surface area contributed by atoms with Crippen LogP contribution in [-0.2, 0) is 33.3 Å². The van der Waals surface area contributed by atoms with E-state index in [1.807, 2.05) is 30.3 Å². The Bertz CT molecular complexity index is 1770. The van der Waals surface area contributed by atoms with Crippen LogP contribution < -0.4 is 0 Å². The Morgan fingerprint density at radius 1 is 0.740 bits per heavy atom. The lowest BCUT2D eigenvalue weighted by atomic mass is 9.47. The van der Waals surface area contributed by atoms with E-state index in [0.29, 0.717) is 0 Å². The summed E-state index contributed by atoms with van der Waals surface area (Å²) in [6.07, 6.45) is -1.83. The van der Waals surface area contributed by atoms with E-state index in [-0.39, 0.29) is 24.0 Å². The van der Waals surface area contributed by atoms with Gasteiger partial charge in [-0.3, -0.25) is 4.79 Å². The summed E-state index contributed by atoms with van der Waals surface area (Å²) in [6.45, 7) is 8.03. The Morgan fingerprint density at radius 3 is 1.80 bits per heavy atom. The van der Waals surface area contributed by atoms with Gasteiger partial charge in [0.1, 0.15) is 23.9 Å². The Balaban J connectivity index is 1.54. The normalized spacial score (nSPS) is 32.4. The highest BCUT2D eigenvalue weighted by Gasteiger charge is 2.85. The van der Waals surface area contributed by atoms with Gasteiger partial charge >= 0.3 is 23.9 Å². The molecule has 2 saturated carbocycles. The fourth-order valence-corrected chi connectivity index (χ4v) is 8.48. The van der Waals surface area contributed by atoms with Crippen LogP contribution in [0.25, 0.3) is 6.08 Å². The molecular weight excluding hydrogens is 640 g/mol. The quantitative estimate of drug-likeness (QED) is 0.179. The number of hydrogen-bond acceptors (Lipinski definition) is 10. The van der Waals surface area contributed by atoms with Gasteiger partial charge in [-0.1, -0.05) is 66.7 Å². The van der Waals surface area contributed by atoms with Crippen molar-refractivity contribution in [2.45, 2.75) is 88.7 Å². The van der Waals surface area contributed by atoms with E-state index in [1.165, 1.54) is 13.0 Å². The molecule has 3 aliphatic rings. The molecule has 8 atom stereocenters. The van der Waals surface area contributed by atoms with Crippen LogP contribution in [0.3, 0.4) is 0 Å². The zero-order valence-electron chi connectivity index (χ0n) is 28.7. The van der Waals surface area contributed by atoms with Gasteiger partial charge in [-0.15, -0.1) is 0 Å². The maximum absolute atomic E-state index is 13.9. The molecular formula is C40H42O10. The highest BCUT2D eigenvalue weighted by atomic mass is 16.6. The third-order valence-corrected chi connectivity index (χ3v) is 10.6. The van der Waals surface area contributed by atoms with Crippen molar-refractivity contribution in [1.82, 2.24) is 0 Å². The number of aliphatic hydroxyl groups is 1. The number of rotatable bonds is 8. The number of hydrogen-bond donors (Lipinski definition) is 1. The van der Waals surface area contributed by atoms with Gasteiger partial charge in [0.05, 0.1) is 33.7 Å². The van der Waals surface area contributed by atoms with E-state index in [1.54, 1.807) is 94.4 Å². The van der Waals surface area contributed by atoms with Crippen LogP contribution in [0.15, 0.2) is 97.1 Å². The van der Waals surface area contributed by atoms with Crippen LogP contribution in [0, 0.1) is 11.3 Å². The van der Waals surface area contributed by atoms with Gasteiger partial charge in [0.25, 0.3) is 0 Å². The van der Waals surface area contributed by atoms with Crippen LogP contribution >= 0.6 is 0 Å². The molecule has 10 nitrogen and oxygen atoms in total. The minimum atomic E-state index is -1.82. The van der Waals surface area contributed by atoms with Crippen molar-refractivity contribution < 1.29 is 48.0 Å². The summed E-state index contributed by atoms with van der Waals surface area (Å²) in [5, 5.41) is 12.5. The molecule has 0 radical (unpaired) electrons. The average molecular weight is 683 g/mol. The lowest BCUT2D eigenvalue weighted by Gasteiger charge is -2.65. The summed E-state index contributed by atoms with van der Waals surface area (Å²) in [6, 6.07) is 25.9. The summed E-state index contributed by atoms with van der Waals surface area (Å²) in [5.74, 6) is -3.75. The molecule has 1 heterocycles. The summed E-state index contributed by atoms with van der Waals surface area (Å²) < 4.78 is 32.0. The molecule has 2 bridgehead atoms. The average Bonchev–Trinajstić information content (AvgIpc) is 3.30. The van der Waals surface area contributed by atoms with Gasteiger partial charge in [0.15, 0.2) is 6.10 Å². The summed E-state index contributed by atoms with van der Waals surface area (Å²) in [4.78, 5) is 54.2. The third kappa shape index (κ3) is 5.90. The van der Waals surface area contributed by atoms with Crippen molar-refractivity contribution in [2.24, 2.45) is 11.3 Å². The third-order valence-electron chi connectivity index (χ3n) is 10.6.